The number of rotatable bonds is 6. The number of hydrogen-bond acceptors (Lipinski definition) is 4. The Bertz CT molecular complexity index is 865. The van der Waals surface area contributed by atoms with Crippen LogP contribution in [-0.2, 0) is 20.7 Å². The largest absolute Gasteiger partial charge is 0.383 e. The number of aromatic nitrogens is 1. The summed E-state index contributed by atoms with van der Waals surface area (Å²) in [5.41, 5.74) is 2.11. The molecule has 2 aliphatic rings. The molecule has 0 bridgehead atoms. The zero-order valence-corrected chi connectivity index (χ0v) is 17.1. The van der Waals surface area contributed by atoms with Gasteiger partial charge in [0.25, 0.3) is 0 Å². The predicted octanol–water partition coefficient (Wildman–Crippen LogP) is 1.49. The molecule has 1 N–H and O–H groups in total. The number of nitrogens with one attached hydrogen (secondary N) is 1. The lowest BCUT2D eigenvalue weighted by molar-refractivity contribution is -0.132. The summed E-state index contributed by atoms with van der Waals surface area (Å²) in [6.45, 7) is 5.10. The molecule has 3 heterocycles. The van der Waals surface area contributed by atoms with E-state index in [9.17, 15) is 9.59 Å². The quantitative estimate of drug-likeness (QED) is 0.801. The highest BCUT2D eigenvalue weighted by molar-refractivity contribution is 5.89. The molecule has 0 spiro atoms. The van der Waals surface area contributed by atoms with Gasteiger partial charge in [0.15, 0.2) is 0 Å². The molecule has 0 aliphatic carbocycles. The molecule has 2 aromatic rings. The van der Waals surface area contributed by atoms with Crippen LogP contribution in [-0.4, -0.2) is 90.5 Å². The lowest BCUT2D eigenvalue weighted by atomic mass is 10.1. The number of carbonyl (C=O) groups is 2. The van der Waals surface area contributed by atoms with Crippen LogP contribution < -0.4 is 0 Å². The van der Waals surface area contributed by atoms with Gasteiger partial charge < -0.3 is 19.5 Å². The van der Waals surface area contributed by atoms with Crippen molar-refractivity contribution in [1.82, 2.24) is 19.7 Å². The molecule has 1 atom stereocenters. The zero-order valence-electron chi connectivity index (χ0n) is 17.1. The van der Waals surface area contributed by atoms with Gasteiger partial charge in [0.1, 0.15) is 0 Å². The number of para-hydroxylation sites is 1. The molecular weight excluding hydrogens is 368 g/mol. The van der Waals surface area contributed by atoms with Gasteiger partial charge in [-0.05, 0) is 24.5 Å². The summed E-state index contributed by atoms with van der Waals surface area (Å²) in [5, 5.41) is 1.12. The summed E-state index contributed by atoms with van der Waals surface area (Å²) in [4.78, 5) is 35.0. The maximum atomic E-state index is 12.9. The molecule has 4 rings (SSSR count). The van der Waals surface area contributed by atoms with Crippen LogP contribution in [0, 0.1) is 0 Å². The summed E-state index contributed by atoms with van der Waals surface area (Å²) >= 11 is 0. The minimum absolute atomic E-state index is 0.0458. The molecule has 0 saturated carbocycles. The SMILES string of the molecule is COCCN1CCC(N2CCCN(C(=O)Cc3c[nH]c4ccccc34)CC2)C1=O. The first-order valence-corrected chi connectivity index (χ1v) is 10.5. The molecule has 0 radical (unpaired) electrons. The van der Waals surface area contributed by atoms with Crippen molar-refractivity contribution in [2.75, 3.05) is 53.0 Å². The van der Waals surface area contributed by atoms with Crippen LogP contribution in [0.25, 0.3) is 10.9 Å². The number of hydrogen-bond donors (Lipinski definition) is 1. The highest BCUT2D eigenvalue weighted by Gasteiger charge is 2.36. The van der Waals surface area contributed by atoms with Crippen molar-refractivity contribution in [1.29, 1.82) is 0 Å². The van der Waals surface area contributed by atoms with E-state index in [2.05, 4.69) is 16.0 Å². The topological polar surface area (TPSA) is 68.9 Å². The fourth-order valence-electron chi connectivity index (χ4n) is 4.54. The Balaban J connectivity index is 1.34. The van der Waals surface area contributed by atoms with Gasteiger partial charge in [-0.3, -0.25) is 14.5 Å². The Morgan fingerprint density at radius 3 is 2.90 bits per heavy atom. The molecule has 29 heavy (non-hydrogen) atoms. The number of ether oxygens (including phenoxy) is 1. The van der Waals surface area contributed by atoms with Gasteiger partial charge in [-0.25, -0.2) is 0 Å². The Morgan fingerprint density at radius 1 is 1.17 bits per heavy atom. The smallest absolute Gasteiger partial charge is 0.240 e. The van der Waals surface area contributed by atoms with Crippen molar-refractivity contribution in [2.45, 2.75) is 25.3 Å². The van der Waals surface area contributed by atoms with E-state index < -0.39 is 0 Å². The molecule has 1 unspecified atom stereocenters. The van der Waals surface area contributed by atoms with Crippen molar-refractivity contribution >= 4 is 22.7 Å². The van der Waals surface area contributed by atoms with Gasteiger partial charge in [0.2, 0.25) is 11.8 Å². The van der Waals surface area contributed by atoms with Crippen LogP contribution in [0.3, 0.4) is 0 Å². The maximum absolute atomic E-state index is 12.9. The van der Waals surface area contributed by atoms with Gasteiger partial charge in [0.05, 0.1) is 19.1 Å². The van der Waals surface area contributed by atoms with Crippen molar-refractivity contribution < 1.29 is 14.3 Å². The molecule has 2 fully saturated rings. The minimum atomic E-state index is -0.0458. The van der Waals surface area contributed by atoms with Crippen LogP contribution in [0.15, 0.2) is 30.5 Å². The molecule has 156 valence electrons. The van der Waals surface area contributed by atoms with Gasteiger partial charge in [-0.15, -0.1) is 0 Å². The van der Waals surface area contributed by atoms with Crippen LogP contribution in [0.5, 0.6) is 0 Å². The Labute approximate surface area is 171 Å². The first-order chi connectivity index (χ1) is 14.2. The zero-order chi connectivity index (χ0) is 20.2. The second-order valence-electron chi connectivity index (χ2n) is 7.93. The number of fused-ring (bicyclic) bond motifs is 1. The first-order valence-electron chi connectivity index (χ1n) is 10.5. The number of amides is 2. The van der Waals surface area contributed by atoms with Crippen molar-refractivity contribution in [3.8, 4) is 0 Å². The average Bonchev–Trinajstić information content (AvgIpc) is 3.20. The van der Waals surface area contributed by atoms with Crippen molar-refractivity contribution in [2.24, 2.45) is 0 Å². The molecule has 7 heteroatoms. The summed E-state index contributed by atoms with van der Waals surface area (Å²) in [6.07, 6.45) is 4.13. The average molecular weight is 399 g/mol. The third kappa shape index (κ3) is 4.31. The second kappa shape index (κ2) is 8.97. The number of benzene rings is 1. The summed E-state index contributed by atoms with van der Waals surface area (Å²) in [5.74, 6) is 0.372. The summed E-state index contributed by atoms with van der Waals surface area (Å²) < 4.78 is 5.11. The molecule has 2 amide bonds. The number of nitrogens with zero attached hydrogens (tertiary/aromatic N) is 3. The summed E-state index contributed by atoms with van der Waals surface area (Å²) in [7, 11) is 1.66. The summed E-state index contributed by atoms with van der Waals surface area (Å²) in [6, 6.07) is 8.04. The number of carbonyl (C=O) groups excluding carboxylic acids is 2. The number of methoxy groups -OCH3 is 1. The van der Waals surface area contributed by atoms with E-state index in [1.807, 2.05) is 34.2 Å². The van der Waals surface area contributed by atoms with Crippen LogP contribution in [0.4, 0.5) is 0 Å². The van der Waals surface area contributed by atoms with Gasteiger partial charge in [0, 0.05) is 63.5 Å². The van der Waals surface area contributed by atoms with E-state index in [1.54, 1.807) is 7.11 Å². The van der Waals surface area contributed by atoms with E-state index >= 15 is 0 Å². The number of H-pyrrole nitrogens is 1. The second-order valence-corrected chi connectivity index (χ2v) is 7.93. The lowest BCUT2D eigenvalue weighted by Crippen LogP contribution is -2.44. The van der Waals surface area contributed by atoms with Crippen LogP contribution in [0.2, 0.25) is 0 Å². The highest BCUT2D eigenvalue weighted by atomic mass is 16.5. The Kier molecular flexibility index (Phi) is 6.16. The molecule has 1 aromatic heterocycles. The molecule has 2 saturated heterocycles. The number of aromatic amines is 1. The van der Waals surface area contributed by atoms with Gasteiger partial charge >= 0.3 is 0 Å². The monoisotopic (exact) mass is 398 g/mol. The Morgan fingerprint density at radius 2 is 2.03 bits per heavy atom. The maximum Gasteiger partial charge on any atom is 0.240 e. The van der Waals surface area contributed by atoms with E-state index in [4.69, 9.17) is 4.74 Å². The lowest BCUT2D eigenvalue weighted by Gasteiger charge is -2.26. The molecule has 1 aromatic carbocycles. The fourth-order valence-corrected chi connectivity index (χ4v) is 4.54. The third-order valence-corrected chi connectivity index (χ3v) is 6.18. The van der Waals surface area contributed by atoms with Crippen molar-refractivity contribution in [3.63, 3.8) is 0 Å². The Hall–Kier alpha value is -2.38. The number of likely N-dealkylation sites (tertiary alicyclic amines) is 1. The van der Waals surface area contributed by atoms with Gasteiger partial charge in [-0.2, -0.15) is 0 Å². The van der Waals surface area contributed by atoms with E-state index in [0.717, 1.165) is 55.5 Å². The molecule has 2 aliphatic heterocycles. The van der Waals surface area contributed by atoms with Crippen LogP contribution >= 0.6 is 0 Å². The predicted molar refractivity (Wildman–Crippen MR) is 112 cm³/mol. The normalized spacial score (nSPS) is 21.1. The highest BCUT2D eigenvalue weighted by Crippen LogP contribution is 2.21. The fraction of sp³-hybridized carbons (Fsp3) is 0.545. The minimum Gasteiger partial charge on any atom is -0.383 e. The third-order valence-electron chi connectivity index (χ3n) is 6.18. The van der Waals surface area contributed by atoms with Gasteiger partial charge in [-0.1, -0.05) is 18.2 Å². The van der Waals surface area contributed by atoms with E-state index in [1.165, 1.54) is 0 Å². The molecule has 7 nitrogen and oxygen atoms in total. The molecular formula is C22H30N4O3. The first kappa shape index (κ1) is 19.9. The van der Waals surface area contributed by atoms with E-state index in [-0.39, 0.29) is 17.9 Å². The van der Waals surface area contributed by atoms with E-state index in [0.29, 0.717) is 26.1 Å². The van der Waals surface area contributed by atoms with Crippen molar-refractivity contribution in [3.05, 3.63) is 36.0 Å². The van der Waals surface area contributed by atoms with Crippen LogP contribution in [0.1, 0.15) is 18.4 Å². The standard InChI is InChI=1S/C22H30N4O3/c1-29-14-13-26-10-7-20(22(26)28)24-8-4-9-25(12-11-24)21(27)15-17-16-23-19-6-3-2-5-18(17)19/h2-3,5-6,16,20,23H,4,7-15H2,1H3.